The van der Waals surface area contributed by atoms with Crippen LogP contribution >= 0.6 is 0 Å². The molecule has 1 N–H and O–H groups in total. The van der Waals surface area contributed by atoms with Gasteiger partial charge in [-0.25, -0.2) is 12.7 Å². The molecule has 21 heavy (non-hydrogen) atoms. The zero-order valence-electron chi connectivity index (χ0n) is 12.4. The van der Waals surface area contributed by atoms with Crippen molar-refractivity contribution in [2.75, 3.05) is 40.4 Å². The third-order valence-corrected chi connectivity index (χ3v) is 5.32. The van der Waals surface area contributed by atoms with Gasteiger partial charge in [0.05, 0.1) is 24.2 Å². The molecule has 0 aromatic heterocycles. The molecule has 1 aliphatic heterocycles. The van der Waals surface area contributed by atoms with Crippen LogP contribution in [0.4, 0.5) is 0 Å². The fourth-order valence-electron chi connectivity index (χ4n) is 2.31. The molecule has 118 valence electrons. The van der Waals surface area contributed by atoms with Gasteiger partial charge in [-0.1, -0.05) is 12.1 Å². The Kier molecular flexibility index (Phi) is 5.34. The van der Waals surface area contributed by atoms with Crippen LogP contribution in [0.25, 0.3) is 0 Å². The second-order valence-corrected chi connectivity index (χ2v) is 7.50. The predicted molar refractivity (Wildman–Crippen MR) is 79.4 cm³/mol. The van der Waals surface area contributed by atoms with Gasteiger partial charge in [0.15, 0.2) is 0 Å². The smallest absolute Gasteiger partial charge is 0.242 e. The van der Waals surface area contributed by atoms with Crippen molar-refractivity contribution in [1.29, 1.82) is 0 Å². The summed E-state index contributed by atoms with van der Waals surface area (Å²) in [6.07, 6.45) is -0.160. The van der Waals surface area contributed by atoms with E-state index in [9.17, 15) is 8.42 Å². The van der Waals surface area contributed by atoms with Crippen molar-refractivity contribution in [2.45, 2.75) is 17.5 Å². The van der Waals surface area contributed by atoms with E-state index in [-0.39, 0.29) is 12.7 Å². The van der Waals surface area contributed by atoms with Crippen LogP contribution in [0.5, 0.6) is 0 Å². The van der Waals surface area contributed by atoms with E-state index in [1.807, 2.05) is 6.07 Å². The molecule has 1 aromatic carbocycles. The first-order valence-electron chi connectivity index (χ1n) is 6.90. The predicted octanol–water partition coefficient (Wildman–Crippen LogP) is 0.130. The largest absolute Gasteiger partial charge is 0.394 e. The molecule has 1 fully saturated rings. The SMILES string of the molecule is CN(C)S(=O)(=O)c1cccc(CN2CCOC(CO)C2)c1. The number of aliphatic hydroxyl groups is 1. The Bertz CT molecular complexity index is 574. The first-order chi connectivity index (χ1) is 9.93. The minimum Gasteiger partial charge on any atom is -0.394 e. The van der Waals surface area contributed by atoms with Crippen LogP contribution in [-0.2, 0) is 21.3 Å². The first kappa shape index (κ1) is 16.4. The Morgan fingerprint density at radius 3 is 2.86 bits per heavy atom. The molecule has 6 nitrogen and oxygen atoms in total. The fraction of sp³-hybridized carbons (Fsp3) is 0.571. The maximum Gasteiger partial charge on any atom is 0.242 e. The lowest BCUT2D eigenvalue weighted by atomic mass is 10.2. The summed E-state index contributed by atoms with van der Waals surface area (Å²) >= 11 is 0. The number of hydrogen-bond donors (Lipinski definition) is 1. The number of rotatable bonds is 5. The molecule has 0 amide bonds. The van der Waals surface area contributed by atoms with Crippen LogP contribution in [0.2, 0.25) is 0 Å². The summed E-state index contributed by atoms with van der Waals surface area (Å²) in [6.45, 7) is 2.67. The van der Waals surface area contributed by atoms with E-state index >= 15 is 0 Å². The lowest BCUT2D eigenvalue weighted by molar-refractivity contribution is -0.0551. The van der Waals surface area contributed by atoms with E-state index < -0.39 is 10.0 Å². The minimum atomic E-state index is -3.41. The monoisotopic (exact) mass is 314 g/mol. The summed E-state index contributed by atoms with van der Waals surface area (Å²) < 4.78 is 30.9. The second kappa shape index (κ2) is 6.85. The number of morpholine rings is 1. The van der Waals surface area contributed by atoms with Gasteiger partial charge in [-0.3, -0.25) is 4.90 Å². The van der Waals surface area contributed by atoms with Gasteiger partial charge in [0.25, 0.3) is 0 Å². The molecule has 1 aromatic rings. The average molecular weight is 314 g/mol. The van der Waals surface area contributed by atoms with E-state index in [2.05, 4.69) is 4.90 Å². The second-order valence-electron chi connectivity index (χ2n) is 5.35. The number of benzene rings is 1. The fourth-order valence-corrected chi connectivity index (χ4v) is 3.28. The standard InChI is InChI=1S/C14H22N2O4S/c1-15(2)21(18,19)14-5-3-4-12(8-14)9-16-6-7-20-13(10-16)11-17/h3-5,8,13,17H,6-7,9-11H2,1-2H3. The summed E-state index contributed by atoms with van der Waals surface area (Å²) in [4.78, 5) is 2.46. The van der Waals surface area contributed by atoms with Crippen molar-refractivity contribution >= 4 is 10.0 Å². The zero-order valence-corrected chi connectivity index (χ0v) is 13.2. The van der Waals surface area contributed by atoms with Crippen molar-refractivity contribution < 1.29 is 18.3 Å². The molecular formula is C14H22N2O4S. The number of sulfonamides is 1. The lowest BCUT2D eigenvalue weighted by Crippen LogP contribution is -2.43. The Morgan fingerprint density at radius 1 is 1.43 bits per heavy atom. The van der Waals surface area contributed by atoms with Gasteiger partial charge < -0.3 is 9.84 Å². The van der Waals surface area contributed by atoms with Gasteiger partial charge in [-0.15, -0.1) is 0 Å². The van der Waals surface area contributed by atoms with E-state index in [1.165, 1.54) is 18.4 Å². The molecule has 1 saturated heterocycles. The summed E-state index contributed by atoms with van der Waals surface area (Å²) in [5, 5.41) is 9.15. The van der Waals surface area contributed by atoms with Gasteiger partial charge in [-0.2, -0.15) is 0 Å². The van der Waals surface area contributed by atoms with Crippen molar-refractivity contribution in [3.8, 4) is 0 Å². The number of nitrogens with zero attached hydrogens (tertiary/aromatic N) is 2. The van der Waals surface area contributed by atoms with Crippen LogP contribution in [0.1, 0.15) is 5.56 Å². The van der Waals surface area contributed by atoms with Gasteiger partial charge >= 0.3 is 0 Å². The molecule has 1 heterocycles. The highest BCUT2D eigenvalue weighted by Gasteiger charge is 2.21. The molecule has 0 spiro atoms. The topological polar surface area (TPSA) is 70.1 Å². The Hall–Kier alpha value is -0.990. The first-order valence-corrected chi connectivity index (χ1v) is 8.34. The maximum atomic E-state index is 12.1. The molecule has 0 aliphatic carbocycles. The molecule has 2 rings (SSSR count). The summed E-state index contributed by atoms with van der Waals surface area (Å²) in [5.41, 5.74) is 0.941. The van der Waals surface area contributed by atoms with Gasteiger partial charge in [0.1, 0.15) is 0 Å². The van der Waals surface area contributed by atoms with Gasteiger partial charge in [0.2, 0.25) is 10.0 Å². The van der Waals surface area contributed by atoms with E-state index in [0.717, 1.165) is 12.1 Å². The lowest BCUT2D eigenvalue weighted by Gasteiger charge is -2.32. The number of aliphatic hydroxyl groups excluding tert-OH is 1. The van der Waals surface area contributed by atoms with E-state index in [1.54, 1.807) is 18.2 Å². The van der Waals surface area contributed by atoms with E-state index in [0.29, 0.717) is 24.6 Å². The van der Waals surface area contributed by atoms with Crippen LogP contribution in [0, 0.1) is 0 Å². The van der Waals surface area contributed by atoms with Crippen molar-refractivity contribution in [2.24, 2.45) is 0 Å². The molecule has 1 unspecified atom stereocenters. The minimum absolute atomic E-state index is 0.00550. The van der Waals surface area contributed by atoms with E-state index in [4.69, 9.17) is 9.84 Å². The zero-order chi connectivity index (χ0) is 15.5. The molecule has 0 bridgehead atoms. The summed E-state index contributed by atoms with van der Waals surface area (Å²) in [5.74, 6) is 0. The van der Waals surface area contributed by atoms with Crippen LogP contribution in [-0.4, -0.2) is 69.2 Å². The van der Waals surface area contributed by atoms with Crippen LogP contribution in [0.3, 0.4) is 0 Å². The molecule has 0 saturated carbocycles. The molecular weight excluding hydrogens is 292 g/mol. The third-order valence-electron chi connectivity index (χ3n) is 3.51. The maximum absolute atomic E-state index is 12.1. The summed E-state index contributed by atoms with van der Waals surface area (Å²) in [7, 11) is -0.358. The quantitative estimate of drug-likeness (QED) is 0.836. The van der Waals surface area contributed by atoms with Gasteiger partial charge in [-0.05, 0) is 17.7 Å². The Balaban J connectivity index is 2.11. The molecule has 1 atom stereocenters. The highest BCUT2D eigenvalue weighted by molar-refractivity contribution is 7.89. The Labute approximate surface area is 126 Å². The Morgan fingerprint density at radius 2 is 2.19 bits per heavy atom. The number of ether oxygens (including phenoxy) is 1. The normalized spacial score (nSPS) is 20.9. The summed E-state index contributed by atoms with van der Waals surface area (Å²) in [6, 6.07) is 6.99. The molecule has 1 aliphatic rings. The van der Waals surface area contributed by atoms with Crippen molar-refractivity contribution in [3.05, 3.63) is 29.8 Å². The molecule has 0 radical (unpaired) electrons. The highest BCUT2D eigenvalue weighted by Crippen LogP contribution is 2.17. The highest BCUT2D eigenvalue weighted by atomic mass is 32.2. The third kappa shape index (κ3) is 4.02. The van der Waals surface area contributed by atoms with Crippen molar-refractivity contribution in [1.82, 2.24) is 9.21 Å². The van der Waals surface area contributed by atoms with Crippen LogP contribution < -0.4 is 0 Å². The molecule has 7 heteroatoms. The average Bonchev–Trinajstić information content (AvgIpc) is 2.47. The van der Waals surface area contributed by atoms with Crippen molar-refractivity contribution in [3.63, 3.8) is 0 Å². The number of hydrogen-bond acceptors (Lipinski definition) is 5. The van der Waals surface area contributed by atoms with Crippen LogP contribution in [0.15, 0.2) is 29.2 Å². The van der Waals surface area contributed by atoms with Gasteiger partial charge in [0, 0.05) is 33.7 Å².